The summed E-state index contributed by atoms with van der Waals surface area (Å²) in [4.78, 5) is 5.05. The largest absolute Gasteiger partial charge is 0.361 e. The monoisotopic (exact) mass is 272 g/mol. The summed E-state index contributed by atoms with van der Waals surface area (Å²) in [7, 11) is 0. The minimum atomic E-state index is 1.08. The first-order valence-electron chi connectivity index (χ1n) is 6.87. The molecule has 1 aromatic heterocycles. The summed E-state index contributed by atoms with van der Waals surface area (Å²) in [6, 6.07) is 13.3. The van der Waals surface area contributed by atoms with Gasteiger partial charge in [-0.3, -0.25) is 4.90 Å². The van der Waals surface area contributed by atoms with Crippen molar-refractivity contribution in [2.75, 3.05) is 31.1 Å². The van der Waals surface area contributed by atoms with Crippen molar-refractivity contribution in [1.29, 1.82) is 0 Å². The molecule has 0 radical (unpaired) electrons. The van der Waals surface area contributed by atoms with E-state index in [1.165, 1.54) is 16.1 Å². The van der Waals surface area contributed by atoms with Crippen LogP contribution < -0.4 is 4.90 Å². The third kappa shape index (κ3) is 3.17. The van der Waals surface area contributed by atoms with Crippen LogP contribution in [-0.4, -0.2) is 31.1 Å². The SMILES string of the molecule is Cc1ccc(CN2CCN(c3cccs3)CC2)cc1. The molecular weight excluding hydrogens is 252 g/mol. The standard InChI is InChI=1S/C16H20N2S/c1-14-4-6-15(7-5-14)13-17-8-10-18(11-9-17)16-3-2-12-19-16/h2-7,12H,8-11,13H2,1H3. The van der Waals surface area contributed by atoms with Gasteiger partial charge < -0.3 is 4.90 Å². The lowest BCUT2D eigenvalue weighted by atomic mass is 10.1. The maximum absolute atomic E-state index is 2.55. The summed E-state index contributed by atoms with van der Waals surface area (Å²) in [5, 5.41) is 3.57. The third-order valence-electron chi connectivity index (χ3n) is 3.72. The van der Waals surface area contributed by atoms with E-state index in [1.54, 1.807) is 0 Å². The van der Waals surface area contributed by atoms with Crippen molar-refractivity contribution in [2.45, 2.75) is 13.5 Å². The van der Waals surface area contributed by atoms with Gasteiger partial charge in [0, 0.05) is 32.7 Å². The molecule has 3 rings (SSSR count). The third-order valence-corrected chi connectivity index (χ3v) is 4.65. The van der Waals surface area contributed by atoms with Crippen LogP contribution in [0.2, 0.25) is 0 Å². The fourth-order valence-electron chi connectivity index (χ4n) is 2.53. The Morgan fingerprint density at radius 2 is 1.74 bits per heavy atom. The molecule has 0 aliphatic carbocycles. The normalized spacial score (nSPS) is 16.8. The summed E-state index contributed by atoms with van der Waals surface area (Å²) in [5.41, 5.74) is 2.77. The van der Waals surface area contributed by atoms with Crippen LogP contribution in [0.25, 0.3) is 0 Å². The van der Waals surface area contributed by atoms with Crippen molar-refractivity contribution in [3.63, 3.8) is 0 Å². The van der Waals surface area contributed by atoms with Crippen molar-refractivity contribution < 1.29 is 0 Å². The number of thiophene rings is 1. The lowest BCUT2D eigenvalue weighted by Crippen LogP contribution is -2.45. The van der Waals surface area contributed by atoms with Crippen molar-refractivity contribution in [3.8, 4) is 0 Å². The van der Waals surface area contributed by atoms with Gasteiger partial charge in [-0.25, -0.2) is 0 Å². The van der Waals surface area contributed by atoms with E-state index in [1.807, 2.05) is 11.3 Å². The molecule has 0 unspecified atom stereocenters. The lowest BCUT2D eigenvalue weighted by molar-refractivity contribution is 0.250. The number of hydrogen-bond acceptors (Lipinski definition) is 3. The molecule has 1 aromatic carbocycles. The average molecular weight is 272 g/mol. The van der Waals surface area contributed by atoms with Crippen LogP contribution in [0.5, 0.6) is 0 Å². The van der Waals surface area contributed by atoms with E-state index in [9.17, 15) is 0 Å². The summed E-state index contributed by atoms with van der Waals surface area (Å²) >= 11 is 1.84. The maximum Gasteiger partial charge on any atom is 0.0909 e. The van der Waals surface area contributed by atoms with Crippen molar-refractivity contribution in [2.24, 2.45) is 0 Å². The lowest BCUT2D eigenvalue weighted by Gasteiger charge is -2.35. The van der Waals surface area contributed by atoms with E-state index in [0.29, 0.717) is 0 Å². The zero-order valence-corrected chi connectivity index (χ0v) is 12.2. The highest BCUT2D eigenvalue weighted by atomic mass is 32.1. The molecule has 1 aliphatic heterocycles. The van der Waals surface area contributed by atoms with Gasteiger partial charge in [0.1, 0.15) is 0 Å². The van der Waals surface area contributed by atoms with Gasteiger partial charge in [0.15, 0.2) is 0 Å². The first-order valence-corrected chi connectivity index (χ1v) is 7.75. The predicted molar refractivity (Wildman–Crippen MR) is 83.0 cm³/mol. The van der Waals surface area contributed by atoms with Crippen LogP contribution in [-0.2, 0) is 6.54 Å². The molecule has 0 saturated carbocycles. The summed E-state index contributed by atoms with van der Waals surface area (Å²) in [6.45, 7) is 7.83. The van der Waals surface area contributed by atoms with Gasteiger partial charge in [-0.05, 0) is 30.0 Å². The molecule has 1 aliphatic rings. The van der Waals surface area contributed by atoms with Crippen LogP contribution >= 0.6 is 11.3 Å². The van der Waals surface area contributed by atoms with Crippen LogP contribution in [0.4, 0.5) is 5.00 Å². The Hall–Kier alpha value is -1.32. The van der Waals surface area contributed by atoms with Gasteiger partial charge in [0.2, 0.25) is 0 Å². The smallest absolute Gasteiger partial charge is 0.0909 e. The second kappa shape index (κ2) is 5.76. The van der Waals surface area contributed by atoms with Gasteiger partial charge in [-0.1, -0.05) is 29.8 Å². The average Bonchev–Trinajstić information content (AvgIpc) is 2.96. The fraction of sp³-hybridized carbons (Fsp3) is 0.375. The number of hydrogen-bond donors (Lipinski definition) is 0. The zero-order valence-electron chi connectivity index (χ0n) is 11.4. The number of anilines is 1. The van der Waals surface area contributed by atoms with E-state index in [-0.39, 0.29) is 0 Å². The van der Waals surface area contributed by atoms with Crippen LogP contribution in [0.15, 0.2) is 41.8 Å². The van der Waals surface area contributed by atoms with E-state index < -0.39 is 0 Å². The number of aryl methyl sites for hydroxylation is 1. The Morgan fingerprint density at radius 3 is 2.37 bits per heavy atom. The first-order chi connectivity index (χ1) is 9.31. The van der Waals surface area contributed by atoms with E-state index in [4.69, 9.17) is 0 Å². The molecule has 0 atom stereocenters. The fourth-order valence-corrected chi connectivity index (χ4v) is 3.31. The Kier molecular flexibility index (Phi) is 3.85. The number of nitrogens with zero attached hydrogens (tertiary/aromatic N) is 2. The van der Waals surface area contributed by atoms with E-state index in [0.717, 1.165) is 32.7 Å². The molecule has 0 spiro atoms. The molecule has 3 heteroatoms. The van der Waals surface area contributed by atoms with Crippen LogP contribution in [0, 0.1) is 6.92 Å². The van der Waals surface area contributed by atoms with Gasteiger partial charge in [0.05, 0.1) is 5.00 Å². The summed E-state index contributed by atoms with van der Waals surface area (Å²) < 4.78 is 0. The predicted octanol–water partition coefficient (Wildman–Crippen LogP) is 3.38. The minimum Gasteiger partial charge on any atom is -0.361 e. The number of rotatable bonds is 3. The molecule has 100 valence electrons. The van der Waals surface area contributed by atoms with E-state index >= 15 is 0 Å². The molecule has 19 heavy (non-hydrogen) atoms. The molecule has 2 heterocycles. The van der Waals surface area contributed by atoms with Gasteiger partial charge >= 0.3 is 0 Å². The summed E-state index contributed by atoms with van der Waals surface area (Å²) in [5.74, 6) is 0. The van der Waals surface area contributed by atoms with Crippen molar-refractivity contribution in [1.82, 2.24) is 4.90 Å². The highest BCUT2D eigenvalue weighted by Gasteiger charge is 2.17. The van der Waals surface area contributed by atoms with Crippen molar-refractivity contribution >= 4 is 16.3 Å². The number of benzene rings is 1. The molecule has 0 N–H and O–H groups in total. The van der Waals surface area contributed by atoms with Crippen LogP contribution in [0.3, 0.4) is 0 Å². The Bertz CT molecular complexity index is 496. The quantitative estimate of drug-likeness (QED) is 0.845. The van der Waals surface area contributed by atoms with Gasteiger partial charge in [-0.2, -0.15) is 0 Å². The Balaban J connectivity index is 1.54. The Labute approximate surface area is 119 Å². The Morgan fingerprint density at radius 1 is 1.00 bits per heavy atom. The molecule has 1 saturated heterocycles. The molecule has 2 aromatic rings. The second-order valence-electron chi connectivity index (χ2n) is 5.20. The maximum atomic E-state index is 2.55. The molecular formula is C16H20N2S. The topological polar surface area (TPSA) is 6.48 Å². The molecule has 0 amide bonds. The first kappa shape index (κ1) is 12.7. The van der Waals surface area contributed by atoms with Gasteiger partial charge in [0.25, 0.3) is 0 Å². The minimum absolute atomic E-state index is 1.08. The van der Waals surface area contributed by atoms with Crippen molar-refractivity contribution in [3.05, 3.63) is 52.9 Å². The highest BCUT2D eigenvalue weighted by Crippen LogP contribution is 2.22. The summed E-state index contributed by atoms with van der Waals surface area (Å²) in [6.07, 6.45) is 0. The second-order valence-corrected chi connectivity index (χ2v) is 6.13. The molecule has 1 fully saturated rings. The molecule has 0 bridgehead atoms. The van der Waals surface area contributed by atoms with Gasteiger partial charge in [-0.15, -0.1) is 11.3 Å². The highest BCUT2D eigenvalue weighted by molar-refractivity contribution is 7.14. The number of piperazine rings is 1. The van der Waals surface area contributed by atoms with Crippen LogP contribution in [0.1, 0.15) is 11.1 Å². The zero-order chi connectivity index (χ0) is 13.1. The van der Waals surface area contributed by atoms with E-state index in [2.05, 4.69) is 58.5 Å². The molecule has 2 nitrogen and oxygen atoms in total.